The van der Waals surface area contributed by atoms with Gasteiger partial charge in [-0.05, 0) is 43.4 Å². The van der Waals surface area contributed by atoms with Gasteiger partial charge < -0.3 is 18.8 Å². The first-order chi connectivity index (χ1) is 15.0. The summed E-state index contributed by atoms with van der Waals surface area (Å²) >= 11 is 0. The van der Waals surface area contributed by atoms with Crippen LogP contribution in [0.15, 0.2) is 53.2 Å². The summed E-state index contributed by atoms with van der Waals surface area (Å²) in [7, 11) is 3.30. The van der Waals surface area contributed by atoms with Gasteiger partial charge in [-0.25, -0.2) is 0 Å². The topological polar surface area (TPSA) is 51.9 Å². The highest BCUT2D eigenvalue weighted by atomic mass is 16.5. The SMILES string of the molecule is COc1cc2occ(-c3ccccc3OC)c2cc1/C(C)=C/C(=O)N1CCC(C)CC1. The third-order valence-corrected chi connectivity index (χ3v) is 6.15. The average Bonchev–Trinajstić information content (AvgIpc) is 3.21. The molecule has 3 aromatic rings. The number of carbonyl (C=O) groups is 1. The standard InChI is InChI=1S/C26H29NO4/c1-17-9-11-27(12-10-17)26(28)13-18(2)20-14-21-22(16-31-25(21)15-24(20)30-4)19-7-5-6-8-23(19)29-3/h5-8,13-17H,9-12H2,1-4H3/b18-13+. The Morgan fingerprint density at radius 2 is 1.77 bits per heavy atom. The molecule has 5 nitrogen and oxygen atoms in total. The van der Waals surface area contributed by atoms with Crippen molar-refractivity contribution in [3.63, 3.8) is 0 Å². The van der Waals surface area contributed by atoms with Crippen molar-refractivity contribution in [3.05, 3.63) is 54.3 Å². The van der Waals surface area contributed by atoms with E-state index < -0.39 is 0 Å². The van der Waals surface area contributed by atoms with Crippen molar-refractivity contribution in [2.24, 2.45) is 5.92 Å². The first kappa shape index (κ1) is 21.0. The number of carbonyl (C=O) groups excluding carboxylic acids is 1. The highest BCUT2D eigenvalue weighted by molar-refractivity contribution is 6.01. The summed E-state index contributed by atoms with van der Waals surface area (Å²) in [5.41, 5.74) is 4.38. The van der Waals surface area contributed by atoms with Gasteiger partial charge in [0, 0.05) is 47.3 Å². The third kappa shape index (κ3) is 4.18. The predicted molar refractivity (Wildman–Crippen MR) is 123 cm³/mol. The quantitative estimate of drug-likeness (QED) is 0.492. The van der Waals surface area contributed by atoms with Crippen LogP contribution in [0.5, 0.6) is 11.5 Å². The number of likely N-dealkylation sites (tertiary alicyclic amines) is 1. The molecule has 0 bridgehead atoms. The summed E-state index contributed by atoms with van der Waals surface area (Å²) in [4.78, 5) is 14.8. The molecule has 0 unspecified atom stereocenters. The van der Waals surface area contributed by atoms with Gasteiger partial charge in [-0.3, -0.25) is 4.79 Å². The third-order valence-electron chi connectivity index (χ3n) is 6.15. The number of hydrogen-bond acceptors (Lipinski definition) is 4. The molecule has 0 N–H and O–H groups in total. The van der Waals surface area contributed by atoms with E-state index in [4.69, 9.17) is 13.9 Å². The van der Waals surface area contributed by atoms with Crippen LogP contribution in [0, 0.1) is 5.92 Å². The molecule has 162 valence electrons. The van der Waals surface area contributed by atoms with Crippen LogP contribution in [-0.2, 0) is 4.79 Å². The molecule has 31 heavy (non-hydrogen) atoms. The Bertz CT molecular complexity index is 1120. The molecule has 0 saturated carbocycles. The number of piperidine rings is 1. The van der Waals surface area contributed by atoms with E-state index in [0.717, 1.165) is 64.9 Å². The largest absolute Gasteiger partial charge is 0.496 e. The fraction of sp³-hybridized carbons (Fsp3) is 0.346. The molecule has 0 spiro atoms. The second-order valence-corrected chi connectivity index (χ2v) is 8.23. The zero-order valence-corrected chi connectivity index (χ0v) is 18.6. The van der Waals surface area contributed by atoms with Crippen molar-refractivity contribution in [1.82, 2.24) is 4.90 Å². The van der Waals surface area contributed by atoms with E-state index >= 15 is 0 Å². The smallest absolute Gasteiger partial charge is 0.246 e. The Morgan fingerprint density at radius 3 is 2.48 bits per heavy atom. The van der Waals surface area contributed by atoms with Gasteiger partial charge in [-0.15, -0.1) is 0 Å². The zero-order valence-electron chi connectivity index (χ0n) is 18.6. The average molecular weight is 420 g/mol. The molecule has 5 heteroatoms. The lowest BCUT2D eigenvalue weighted by molar-refractivity contribution is -0.127. The van der Waals surface area contributed by atoms with Gasteiger partial charge in [0.25, 0.3) is 0 Å². The molecular weight excluding hydrogens is 390 g/mol. The summed E-state index contributed by atoms with van der Waals surface area (Å²) in [6.07, 6.45) is 5.59. The zero-order chi connectivity index (χ0) is 22.0. The van der Waals surface area contributed by atoms with E-state index in [1.807, 2.05) is 48.2 Å². The normalized spacial score (nSPS) is 15.4. The Labute approximate surface area is 183 Å². The minimum atomic E-state index is 0.0590. The molecule has 1 aliphatic heterocycles. The van der Waals surface area contributed by atoms with Crippen LogP contribution in [0.1, 0.15) is 32.3 Å². The van der Waals surface area contributed by atoms with E-state index in [9.17, 15) is 4.79 Å². The maximum Gasteiger partial charge on any atom is 0.246 e. The van der Waals surface area contributed by atoms with Gasteiger partial charge in [-0.1, -0.05) is 25.1 Å². The summed E-state index contributed by atoms with van der Waals surface area (Å²) in [5.74, 6) is 2.21. The number of ether oxygens (including phenoxy) is 2. The Morgan fingerprint density at radius 1 is 1.06 bits per heavy atom. The minimum absolute atomic E-state index is 0.0590. The molecule has 0 radical (unpaired) electrons. The van der Waals surface area contributed by atoms with Crippen LogP contribution in [0.3, 0.4) is 0 Å². The maximum atomic E-state index is 12.8. The summed E-state index contributed by atoms with van der Waals surface area (Å²) < 4.78 is 17.0. The van der Waals surface area contributed by atoms with Crippen molar-refractivity contribution in [3.8, 4) is 22.6 Å². The lowest BCUT2D eigenvalue weighted by atomic mass is 9.97. The molecule has 1 saturated heterocycles. The van der Waals surface area contributed by atoms with Gasteiger partial charge >= 0.3 is 0 Å². The van der Waals surface area contributed by atoms with Crippen molar-refractivity contribution in [2.75, 3.05) is 27.3 Å². The van der Waals surface area contributed by atoms with Gasteiger partial charge in [0.1, 0.15) is 17.1 Å². The monoisotopic (exact) mass is 419 g/mol. The molecule has 4 rings (SSSR count). The van der Waals surface area contributed by atoms with Crippen molar-refractivity contribution in [1.29, 1.82) is 0 Å². The molecule has 1 aromatic heterocycles. The Balaban J connectivity index is 1.74. The van der Waals surface area contributed by atoms with Crippen LogP contribution in [0.4, 0.5) is 0 Å². The number of fused-ring (bicyclic) bond motifs is 1. The Kier molecular flexibility index (Phi) is 6.03. The number of allylic oxidation sites excluding steroid dienone is 1. The van der Waals surface area contributed by atoms with Crippen LogP contribution in [0.2, 0.25) is 0 Å². The van der Waals surface area contributed by atoms with Crippen molar-refractivity contribution >= 4 is 22.4 Å². The number of methoxy groups -OCH3 is 2. The van der Waals surface area contributed by atoms with E-state index in [1.165, 1.54) is 0 Å². The van der Waals surface area contributed by atoms with Crippen LogP contribution < -0.4 is 9.47 Å². The molecule has 2 heterocycles. The van der Waals surface area contributed by atoms with E-state index in [-0.39, 0.29) is 5.91 Å². The van der Waals surface area contributed by atoms with Gasteiger partial charge in [0.2, 0.25) is 5.91 Å². The number of benzene rings is 2. The lowest BCUT2D eigenvalue weighted by Gasteiger charge is -2.29. The number of amides is 1. The summed E-state index contributed by atoms with van der Waals surface area (Å²) in [6, 6.07) is 11.8. The number of hydrogen-bond donors (Lipinski definition) is 0. The maximum absolute atomic E-state index is 12.8. The molecule has 1 amide bonds. The second-order valence-electron chi connectivity index (χ2n) is 8.23. The fourth-order valence-corrected chi connectivity index (χ4v) is 4.19. The highest BCUT2D eigenvalue weighted by Crippen LogP contribution is 2.40. The summed E-state index contributed by atoms with van der Waals surface area (Å²) in [5, 5.41) is 0.951. The lowest BCUT2D eigenvalue weighted by Crippen LogP contribution is -2.36. The molecule has 1 aliphatic rings. The molecular formula is C26H29NO4. The van der Waals surface area contributed by atoms with Gasteiger partial charge in [0.05, 0.1) is 20.5 Å². The number of furan rings is 1. The van der Waals surface area contributed by atoms with Gasteiger partial charge in [0.15, 0.2) is 0 Å². The second kappa shape index (κ2) is 8.88. The Hall–Kier alpha value is -3.21. The van der Waals surface area contributed by atoms with E-state index in [0.29, 0.717) is 11.7 Å². The van der Waals surface area contributed by atoms with E-state index in [1.54, 1.807) is 26.6 Å². The van der Waals surface area contributed by atoms with Crippen LogP contribution >= 0.6 is 0 Å². The van der Waals surface area contributed by atoms with Crippen molar-refractivity contribution < 1.29 is 18.7 Å². The minimum Gasteiger partial charge on any atom is -0.496 e. The molecule has 0 atom stereocenters. The molecule has 1 fully saturated rings. The van der Waals surface area contributed by atoms with E-state index in [2.05, 4.69) is 6.92 Å². The van der Waals surface area contributed by atoms with Crippen molar-refractivity contribution in [2.45, 2.75) is 26.7 Å². The fourth-order valence-electron chi connectivity index (χ4n) is 4.19. The molecule has 0 aliphatic carbocycles. The van der Waals surface area contributed by atoms with Crippen LogP contribution in [0.25, 0.3) is 27.7 Å². The predicted octanol–water partition coefficient (Wildman–Crippen LogP) is 5.78. The number of rotatable bonds is 5. The first-order valence-corrected chi connectivity index (χ1v) is 10.7. The number of nitrogens with zero attached hydrogens (tertiary/aromatic N) is 1. The summed E-state index contributed by atoms with van der Waals surface area (Å²) in [6.45, 7) is 5.84. The van der Waals surface area contributed by atoms with Gasteiger partial charge in [-0.2, -0.15) is 0 Å². The highest BCUT2D eigenvalue weighted by Gasteiger charge is 2.20. The first-order valence-electron chi connectivity index (χ1n) is 10.7. The van der Waals surface area contributed by atoms with Crippen LogP contribution in [-0.4, -0.2) is 38.1 Å². The molecule has 2 aromatic carbocycles. The number of para-hydroxylation sites is 1.